The van der Waals surface area contributed by atoms with E-state index < -0.39 is 10.0 Å². The van der Waals surface area contributed by atoms with Crippen molar-refractivity contribution in [1.82, 2.24) is 5.32 Å². The SMILES string of the molecule is Cc1cc(S(N)(=O)=O)ccc1CN=C(N)NCC1CCCO1. The summed E-state index contributed by atoms with van der Waals surface area (Å²) in [7, 11) is -3.68. The van der Waals surface area contributed by atoms with Gasteiger partial charge in [-0.1, -0.05) is 6.07 Å². The lowest BCUT2D eigenvalue weighted by Gasteiger charge is -2.11. The van der Waals surface area contributed by atoms with Crippen LogP contribution < -0.4 is 16.2 Å². The average Bonchev–Trinajstić information content (AvgIpc) is 2.96. The zero-order chi connectivity index (χ0) is 16.2. The second kappa shape index (κ2) is 7.08. The van der Waals surface area contributed by atoms with Crippen LogP contribution in [-0.4, -0.2) is 33.6 Å². The number of primary sulfonamides is 1. The maximum Gasteiger partial charge on any atom is 0.238 e. The molecule has 122 valence electrons. The zero-order valence-electron chi connectivity index (χ0n) is 12.6. The lowest BCUT2D eigenvalue weighted by Crippen LogP contribution is -2.37. The summed E-state index contributed by atoms with van der Waals surface area (Å²) in [6.07, 6.45) is 2.32. The molecule has 1 saturated heterocycles. The number of nitrogens with one attached hydrogen (secondary N) is 1. The highest BCUT2D eigenvalue weighted by molar-refractivity contribution is 7.89. The van der Waals surface area contributed by atoms with Gasteiger partial charge in [0.15, 0.2) is 5.96 Å². The van der Waals surface area contributed by atoms with Crippen molar-refractivity contribution in [1.29, 1.82) is 0 Å². The van der Waals surface area contributed by atoms with E-state index in [1.165, 1.54) is 12.1 Å². The van der Waals surface area contributed by atoms with E-state index in [1.54, 1.807) is 6.07 Å². The first kappa shape index (κ1) is 16.7. The molecule has 1 aromatic rings. The molecule has 1 heterocycles. The Bertz CT molecular complexity index is 652. The average molecular weight is 326 g/mol. The molecule has 1 atom stereocenters. The van der Waals surface area contributed by atoms with Gasteiger partial charge in [-0.15, -0.1) is 0 Å². The highest BCUT2D eigenvalue weighted by atomic mass is 32.2. The predicted octanol–water partition coefficient (Wildman–Crippen LogP) is 0.226. The highest BCUT2D eigenvalue weighted by Crippen LogP contribution is 2.15. The largest absolute Gasteiger partial charge is 0.376 e. The van der Waals surface area contributed by atoms with Gasteiger partial charge in [0.05, 0.1) is 17.5 Å². The molecule has 8 heteroatoms. The molecule has 0 aromatic heterocycles. The summed E-state index contributed by atoms with van der Waals surface area (Å²) in [6.45, 7) is 3.65. The van der Waals surface area contributed by atoms with E-state index in [2.05, 4.69) is 10.3 Å². The summed E-state index contributed by atoms with van der Waals surface area (Å²) >= 11 is 0. The number of ether oxygens (including phenoxy) is 1. The third-order valence-corrected chi connectivity index (χ3v) is 4.51. The minimum absolute atomic E-state index is 0.0993. The molecule has 1 aliphatic rings. The number of benzene rings is 1. The van der Waals surface area contributed by atoms with E-state index in [9.17, 15) is 8.42 Å². The molecule has 0 saturated carbocycles. The van der Waals surface area contributed by atoms with Crippen LogP contribution in [-0.2, 0) is 21.3 Å². The van der Waals surface area contributed by atoms with Gasteiger partial charge >= 0.3 is 0 Å². The molecular weight excluding hydrogens is 304 g/mol. The minimum Gasteiger partial charge on any atom is -0.376 e. The second-order valence-corrected chi connectivity index (χ2v) is 6.91. The monoisotopic (exact) mass is 326 g/mol. The van der Waals surface area contributed by atoms with E-state index in [1.807, 2.05) is 6.92 Å². The molecule has 7 nitrogen and oxygen atoms in total. The predicted molar refractivity (Wildman–Crippen MR) is 84.9 cm³/mol. The summed E-state index contributed by atoms with van der Waals surface area (Å²) in [5.41, 5.74) is 7.52. The first-order valence-electron chi connectivity index (χ1n) is 7.14. The Kier molecular flexibility index (Phi) is 5.38. The number of sulfonamides is 1. The van der Waals surface area contributed by atoms with Gasteiger partial charge in [-0.2, -0.15) is 0 Å². The maximum absolute atomic E-state index is 11.3. The van der Waals surface area contributed by atoms with Crippen LogP contribution in [0.15, 0.2) is 28.1 Å². The third kappa shape index (κ3) is 4.69. The zero-order valence-corrected chi connectivity index (χ0v) is 13.4. The Labute approximate surface area is 130 Å². The van der Waals surface area contributed by atoms with Crippen LogP contribution >= 0.6 is 0 Å². The molecule has 1 unspecified atom stereocenters. The minimum atomic E-state index is -3.68. The van der Waals surface area contributed by atoms with E-state index in [0.29, 0.717) is 19.0 Å². The fourth-order valence-corrected chi connectivity index (χ4v) is 2.87. The number of hydrogen-bond acceptors (Lipinski definition) is 4. The second-order valence-electron chi connectivity index (χ2n) is 5.35. The number of hydrogen-bond donors (Lipinski definition) is 3. The fraction of sp³-hybridized carbons (Fsp3) is 0.500. The fourth-order valence-electron chi connectivity index (χ4n) is 2.27. The van der Waals surface area contributed by atoms with Gasteiger partial charge in [-0.3, -0.25) is 0 Å². The molecule has 1 aliphatic heterocycles. The van der Waals surface area contributed by atoms with Crippen molar-refractivity contribution in [2.24, 2.45) is 15.9 Å². The molecule has 0 radical (unpaired) electrons. The van der Waals surface area contributed by atoms with Crippen LogP contribution in [0.3, 0.4) is 0 Å². The topological polar surface area (TPSA) is 120 Å². The maximum atomic E-state index is 11.3. The van der Waals surface area contributed by atoms with E-state index in [-0.39, 0.29) is 11.0 Å². The molecule has 22 heavy (non-hydrogen) atoms. The summed E-state index contributed by atoms with van der Waals surface area (Å²) in [4.78, 5) is 4.35. The number of guanidine groups is 1. The van der Waals surface area contributed by atoms with Crippen LogP contribution in [0.5, 0.6) is 0 Å². The van der Waals surface area contributed by atoms with Crippen molar-refractivity contribution >= 4 is 16.0 Å². The molecular formula is C14H22N4O3S. The van der Waals surface area contributed by atoms with Crippen molar-refractivity contribution < 1.29 is 13.2 Å². The molecule has 0 aliphatic carbocycles. The van der Waals surface area contributed by atoms with Crippen LogP contribution in [0, 0.1) is 6.92 Å². The van der Waals surface area contributed by atoms with Gasteiger partial charge in [-0.25, -0.2) is 18.5 Å². The van der Waals surface area contributed by atoms with Crippen molar-refractivity contribution in [3.8, 4) is 0 Å². The van der Waals surface area contributed by atoms with Crippen molar-refractivity contribution in [3.05, 3.63) is 29.3 Å². The van der Waals surface area contributed by atoms with Gasteiger partial charge in [0.2, 0.25) is 10.0 Å². The first-order chi connectivity index (χ1) is 10.4. The molecule has 0 spiro atoms. The van der Waals surface area contributed by atoms with Gasteiger partial charge < -0.3 is 15.8 Å². The molecule has 5 N–H and O–H groups in total. The van der Waals surface area contributed by atoms with E-state index in [4.69, 9.17) is 15.6 Å². The van der Waals surface area contributed by atoms with Gasteiger partial charge in [0.1, 0.15) is 0 Å². The molecule has 1 fully saturated rings. The lowest BCUT2D eigenvalue weighted by atomic mass is 10.1. The van der Waals surface area contributed by atoms with Gasteiger partial charge in [-0.05, 0) is 43.0 Å². The standard InChI is InChI=1S/C14H22N4O3S/c1-10-7-13(22(16,19)20)5-4-11(10)8-17-14(15)18-9-12-3-2-6-21-12/h4-5,7,12H,2-3,6,8-9H2,1H3,(H3,15,17,18)(H2,16,19,20). The normalized spacial score (nSPS) is 19.4. The summed E-state index contributed by atoms with van der Waals surface area (Å²) in [6, 6.07) is 4.71. The number of nitrogens with zero attached hydrogens (tertiary/aromatic N) is 1. The van der Waals surface area contributed by atoms with Crippen molar-refractivity contribution in [3.63, 3.8) is 0 Å². The van der Waals surface area contributed by atoms with E-state index in [0.717, 1.165) is 30.6 Å². The van der Waals surface area contributed by atoms with Gasteiger partial charge in [0, 0.05) is 13.2 Å². The smallest absolute Gasteiger partial charge is 0.238 e. The lowest BCUT2D eigenvalue weighted by molar-refractivity contribution is 0.114. The quantitative estimate of drug-likeness (QED) is 0.528. The van der Waals surface area contributed by atoms with Crippen LogP contribution in [0.1, 0.15) is 24.0 Å². The van der Waals surface area contributed by atoms with Crippen molar-refractivity contribution in [2.75, 3.05) is 13.2 Å². The molecule has 0 amide bonds. The number of rotatable bonds is 5. The summed E-state index contributed by atoms with van der Waals surface area (Å²) < 4.78 is 28.1. The Morgan fingerprint density at radius 3 is 2.86 bits per heavy atom. The van der Waals surface area contributed by atoms with Crippen molar-refractivity contribution in [2.45, 2.75) is 37.3 Å². The summed E-state index contributed by atoms with van der Waals surface area (Å²) in [5, 5.41) is 8.14. The van der Waals surface area contributed by atoms with E-state index >= 15 is 0 Å². The Morgan fingerprint density at radius 1 is 1.50 bits per heavy atom. The van der Waals surface area contributed by atoms with Crippen LogP contribution in [0.4, 0.5) is 0 Å². The Morgan fingerprint density at radius 2 is 2.27 bits per heavy atom. The Balaban J connectivity index is 1.93. The number of nitrogens with two attached hydrogens (primary N) is 2. The first-order valence-corrected chi connectivity index (χ1v) is 8.68. The van der Waals surface area contributed by atoms with Crippen LogP contribution in [0.25, 0.3) is 0 Å². The van der Waals surface area contributed by atoms with Gasteiger partial charge in [0.25, 0.3) is 0 Å². The van der Waals surface area contributed by atoms with Crippen LogP contribution in [0.2, 0.25) is 0 Å². The Hall–Kier alpha value is -1.64. The number of aryl methyl sites for hydroxylation is 1. The summed E-state index contributed by atoms with van der Waals surface area (Å²) in [5.74, 6) is 0.352. The molecule has 1 aromatic carbocycles. The molecule has 2 rings (SSSR count). The number of aliphatic imine (C=N–C) groups is 1. The third-order valence-electron chi connectivity index (χ3n) is 3.60. The highest BCUT2D eigenvalue weighted by Gasteiger charge is 2.15. The molecule has 0 bridgehead atoms.